The van der Waals surface area contributed by atoms with Crippen LogP contribution in [0.5, 0.6) is 0 Å². The van der Waals surface area contributed by atoms with Crippen LogP contribution in [0.4, 0.5) is 0 Å². The van der Waals surface area contributed by atoms with Crippen LogP contribution in [0.3, 0.4) is 0 Å². The molecule has 0 spiro atoms. The largest absolute Gasteiger partial charge is 0.271 e. The van der Waals surface area contributed by atoms with E-state index in [-0.39, 0.29) is 0 Å². The lowest BCUT2D eigenvalue weighted by molar-refractivity contribution is 0.720. The van der Waals surface area contributed by atoms with E-state index in [1.807, 2.05) is 7.05 Å². The number of halogens is 2. The van der Waals surface area contributed by atoms with Crippen molar-refractivity contribution in [3.8, 4) is 0 Å². The molecule has 0 aromatic carbocycles. The Morgan fingerprint density at radius 3 is 2.90 bits per heavy atom. The molecule has 0 fully saturated rings. The summed E-state index contributed by atoms with van der Waals surface area (Å²) in [5, 5.41) is 5.67. The summed E-state index contributed by atoms with van der Waals surface area (Å²) < 4.78 is 1.80. The van der Waals surface area contributed by atoms with Crippen molar-refractivity contribution < 1.29 is 0 Å². The quantitative estimate of drug-likeness (QED) is 0.702. The number of aromatic nitrogens is 2. The van der Waals surface area contributed by atoms with Gasteiger partial charge in [-0.3, -0.25) is 4.68 Å². The highest BCUT2D eigenvalue weighted by atomic mass is 79.9. The van der Waals surface area contributed by atoms with E-state index in [0.717, 1.165) is 22.5 Å². The van der Waals surface area contributed by atoms with Gasteiger partial charge in [-0.25, -0.2) is 0 Å². The second-order valence-electron chi connectivity index (χ2n) is 2.00. The molecule has 1 rings (SSSR count). The average molecular weight is 224 g/mol. The molecule has 0 aliphatic rings. The van der Waals surface area contributed by atoms with E-state index in [2.05, 4.69) is 21.0 Å². The molecule has 1 heterocycles. The van der Waals surface area contributed by atoms with Gasteiger partial charge in [0.25, 0.3) is 0 Å². The van der Waals surface area contributed by atoms with Gasteiger partial charge in [0.15, 0.2) is 0 Å². The Kier molecular flexibility index (Phi) is 2.74. The first-order valence-electron chi connectivity index (χ1n) is 2.98. The lowest BCUT2D eigenvalue weighted by Gasteiger charge is -1.97. The van der Waals surface area contributed by atoms with Crippen molar-refractivity contribution in [3.05, 3.63) is 16.9 Å². The van der Waals surface area contributed by atoms with Gasteiger partial charge in [-0.2, -0.15) is 5.10 Å². The molecule has 0 unspecified atom stereocenters. The second-order valence-corrected chi connectivity index (χ2v) is 3.20. The molecule has 0 atom stereocenters. The first-order chi connectivity index (χ1) is 4.75. The standard InChI is InChI=1S/C6H8BrClN2/c1-10-6(2-3-7)5(8)4-9-10/h4H,2-3H2,1H3. The third-order valence-electron chi connectivity index (χ3n) is 1.34. The monoisotopic (exact) mass is 222 g/mol. The van der Waals surface area contributed by atoms with E-state index in [1.54, 1.807) is 10.9 Å². The fraction of sp³-hybridized carbons (Fsp3) is 0.500. The van der Waals surface area contributed by atoms with Crippen LogP contribution in [-0.4, -0.2) is 15.1 Å². The van der Waals surface area contributed by atoms with Crippen LogP contribution >= 0.6 is 27.5 Å². The van der Waals surface area contributed by atoms with E-state index in [1.165, 1.54) is 0 Å². The minimum atomic E-state index is 0.752. The van der Waals surface area contributed by atoms with E-state index < -0.39 is 0 Å². The smallest absolute Gasteiger partial charge is 0.0817 e. The van der Waals surface area contributed by atoms with Gasteiger partial charge in [0, 0.05) is 18.8 Å². The van der Waals surface area contributed by atoms with Gasteiger partial charge in [-0.1, -0.05) is 27.5 Å². The van der Waals surface area contributed by atoms with Gasteiger partial charge in [0.1, 0.15) is 0 Å². The van der Waals surface area contributed by atoms with Gasteiger partial charge in [0.2, 0.25) is 0 Å². The molecule has 0 radical (unpaired) electrons. The molecular weight excluding hydrogens is 215 g/mol. The maximum absolute atomic E-state index is 5.82. The van der Waals surface area contributed by atoms with E-state index >= 15 is 0 Å². The normalized spacial score (nSPS) is 10.3. The van der Waals surface area contributed by atoms with Crippen LogP contribution in [0.15, 0.2) is 6.20 Å². The third-order valence-corrected chi connectivity index (χ3v) is 2.05. The molecule has 0 N–H and O–H groups in total. The van der Waals surface area contributed by atoms with Crippen LogP contribution in [0, 0.1) is 0 Å². The Labute approximate surface area is 73.3 Å². The molecule has 10 heavy (non-hydrogen) atoms. The predicted octanol–water partition coefficient (Wildman–Crippen LogP) is 2.01. The number of aryl methyl sites for hydroxylation is 1. The summed E-state index contributed by atoms with van der Waals surface area (Å²) in [6, 6.07) is 0. The topological polar surface area (TPSA) is 17.8 Å². The zero-order chi connectivity index (χ0) is 7.56. The van der Waals surface area contributed by atoms with Crippen LogP contribution in [0.1, 0.15) is 5.69 Å². The highest BCUT2D eigenvalue weighted by Gasteiger charge is 2.03. The van der Waals surface area contributed by atoms with Crippen molar-refractivity contribution in [2.75, 3.05) is 5.33 Å². The summed E-state index contributed by atoms with van der Waals surface area (Å²) in [6.07, 6.45) is 2.59. The van der Waals surface area contributed by atoms with Crippen LogP contribution in [0.2, 0.25) is 5.02 Å². The van der Waals surface area contributed by atoms with Gasteiger partial charge in [-0.05, 0) is 0 Å². The maximum atomic E-state index is 5.82. The van der Waals surface area contributed by atoms with Crippen molar-refractivity contribution >= 4 is 27.5 Å². The summed E-state index contributed by atoms with van der Waals surface area (Å²) in [7, 11) is 1.89. The predicted molar refractivity (Wildman–Crippen MR) is 45.7 cm³/mol. The Hall–Kier alpha value is -0.0200. The SMILES string of the molecule is Cn1ncc(Cl)c1CCBr. The molecule has 0 bridgehead atoms. The van der Waals surface area contributed by atoms with Gasteiger partial charge < -0.3 is 0 Å². The van der Waals surface area contributed by atoms with E-state index in [0.29, 0.717) is 0 Å². The van der Waals surface area contributed by atoms with Gasteiger partial charge in [-0.15, -0.1) is 0 Å². The highest BCUT2D eigenvalue weighted by molar-refractivity contribution is 9.09. The van der Waals surface area contributed by atoms with Crippen LogP contribution < -0.4 is 0 Å². The summed E-state index contributed by atoms with van der Waals surface area (Å²) in [5.74, 6) is 0. The Balaban J connectivity index is 2.87. The molecule has 4 heteroatoms. The number of hydrogen-bond acceptors (Lipinski definition) is 1. The van der Waals surface area contributed by atoms with Crippen molar-refractivity contribution in [1.82, 2.24) is 9.78 Å². The molecule has 1 aromatic heterocycles. The zero-order valence-electron chi connectivity index (χ0n) is 5.64. The molecular formula is C6H8BrClN2. The Bertz CT molecular complexity index is 202. The summed E-state index contributed by atoms with van der Waals surface area (Å²) in [5.41, 5.74) is 1.08. The summed E-state index contributed by atoms with van der Waals surface area (Å²) in [4.78, 5) is 0. The molecule has 0 saturated heterocycles. The van der Waals surface area contributed by atoms with Crippen LogP contribution in [0.25, 0.3) is 0 Å². The minimum absolute atomic E-state index is 0.752. The molecule has 0 saturated carbocycles. The Morgan fingerprint density at radius 1 is 1.80 bits per heavy atom. The summed E-state index contributed by atoms with van der Waals surface area (Å²) >= 11 is 9.16. The molecule has 0 aliphatic carbocycles. The van der Waals surface area contributed by atoms with Crippen molar-refractivity contribution in [3.63, 3.8) is 0 Å². The minimum Gasteiger partial charge on any atom is -0.271 e. The second kappa shape index (κ2) is 3.39. The number of nitrogens with zero attached hydrogens (tertiary/aromatic N) is 2. The van der Waals surface area contributed by atoms with Crippen LogP contribution in [-0.2, 0) is 13.5 Å². The first-order valence-corrected chi connectivity index (χ1v) is 4.48. The van der Waals surface area contributed by atoms with Crippen molar-refractivity contribution in [2.45, 2.75) is 6.42 Å². The first kappa shape index (κ1) is 8.08. The zero-order valence-corrected chi connectivity index (χ0v) is 7.98. The lowest BCUT2D eigenvalue weighted by Crippen LogP contribution is -1.98. The summed E-state index contributed by atoms with van der Waals surface area (Å²) in [6.45, 7) is 0. The van der Waals surface area contributed by atoms with Crippen molar-refractivity contribution in [1.29, 1.82) is 0 Å². The number of rotatable bonds is 2. The van der Waals surface area contributed by atoms with Gasteiger partial charge in [0.05, 0.1) is 16.9 Å². The van der Waals surface area contributed by atoms with E-state index in [4.69, 9.17) is 11.6 Å². The molecule has 2 nitrogen and oxygen atoms in total. The molecule has 0 aliphatic heterocycles. The van der Waals surface area contributed by atoms with Gasteiger partial charge >= 0.3 is 0 Å². The number of hydrogen-bond donors (Lipinski definition) is 0. The molecule has 56 valence electrons. The Morgan fingerprint density at radius 2 is 2.50 bits per heavy atom. The van der Waals surface area contributed by atoms with E-state index in [9.17, 15) is 0 Å². The third kappa shape index (κ3) is 1.52. The fourth-order valence-corrected chi connectivity index (χ4v) is 1.44. The fourth-order valence-electron chi connectivity index (χ4n) is 0.807. The van der Waals surface area contributed by atoms with Crippen molar-refractivity contribution in [2.24, 2.45) is 7.05 Å². The highest BCUT2D eigenvalue weighted by Crippen LogP contribution is 2.14. The molecule has 1 aromatic rings. The maximum Gasteiger partial charge on any atom is 0.0817 e. The average Bonchev–Trinajstić information content (AvgIpc) is 2.20. The molecule has 0 amide bonds. The number of alkyl halides is 1. The lowest BCUT2D eigenvalue weighted by atomic mass is 10.3.